The van der Waals surface area contributed by atoms with Crippen LogP contribution in [0, 0.1) is 0 Å². The highest BCUT2D eigenvalue weighted by atomic mass is 16.6. The van der Waals surface area contributed by atoms with E-state index in [1.807, 2.05) is 45.0 Å². The van der Waals surface area contributed by atoms with Crippen LogP contribution in [0.15, 0.2) is 30.5 Å². The molecule has 0 saturated carbocycles. The minimum atomic E-state index is -0.498. The Morgan fingerprint density at radius 3 is 2.69 bits per heavy atom. The first kappa shape index (κ1) is 16.6. The van der Waals surface area contributed by atoms with Crippen molar-refractivity contribution in [3.8, 4) is 0 Å². The molecule has 3 heterocycles. The number of pyridine rings is 1. The zero-order chi connectivity index (χ0) is 18.5. The number of anilines is 1. The summed E-state index contributed by atoms with van der Waals surface area (Å²) in [4.78, 5) is 30.5. The molecule has 6 nitrogen and oxygen atoms in total. The van der Waals surface area contributed by atoms with E-state index in [0.717, 1.165) is 34.1 Å². The van der Waals surface area contributed by atoms with Gasteiger partial charge in [0, 0.05) is 30.2 Å². The summed E-state index contributed by atoms with van der Waals surface area (Å²) in [7, 11) is 0. The molecule has 0 bridgehead atoms. The first-order chi connectivity index (χ1) is 12.3. The van der Waals surface area contributed by atoms with Gasteiger partial charge in [0.25, 0.3) is 5.91 Å². The third-order valence-corrected chi connectivity index (χ3v) is 4.59. The van der Waals surface area contributed by atoms with Crippen LogP contribution < -0.4 is 5.32 Å². The molecule has 0 spiro atoms. The second-order valence-electron chi connectivity index (χ2n) is 7.60. The van der Waals surface area contributed by atoms with E-state index < -0.39 is 5.60 Å². The zero-order valence-corrected chi connectivity index (χ0v) is 15.1. The smallest absolute Gasteiger partial charge is 0.410 e. The lowest BCUT2D eigenvalue weighted by Gasteiger charge is -2.29. The molecule has 6 heteroatoms. The van der Waals surface area contributed by atoms with E-state index in [1.54, 1.807) is 11.1 Å². The molecule has 0 unspecified atom stereocenters. The van der Waals surface area contributed by atoms with Gasteiger partial charge >= 0.3 is 6.09 Å². The number of ether oxygens (including phenoxy) is 1. The normalized spacial score (nSPS) is 16.5. The van der Waals surface area contributed by atoms with Crippen LogP contribution in [-0.2, 0) is 4.74 Å². The fourth-order valence-corrected chi connectivity index (χ4v) is 3.42. The predicted octanol–water partition coefficient (Wildman–Crippen LogP) is 3.82. The molecule has 0 radical (unpaired) electrons. The van der Waals surface area contributed by atoms with Crippen LogP contribution in [0.3, 0.4) is 0 Å². The molecule has 2 amide bonds. The summed E-state index contributed by atoms with van der Waals surface area (Å²) >= 11 is 0. The van der Waals surface area contributed by atoms with Crippen LogP contribution in [0.25, 0.3) is 16.5 Å². The largest absolute Gasteiger partial charge is 0.444 e. The molecule has 2 aliphatic rings. The molecule has 0 saturated heterocycles. The van der Waals surface area contributed by atoms with Crippen LogP contribution in [0.2, 0.25) is 0 Å². The number of aromatic nitrogens is 1. The maximum Gasteiger partial charge on any atom is 0.410 e. The Bertz CT molecular complexity index is 957. The van der Waals surface area contributed by atoms with Crippen molar-refractivity contribution in [1.29, 1.82) is 0 Å². The van der Waals surface area contributed by atoms with E-state index in [4.69, 9.17) is 4.74 Å². The molecule has 1 aromatic carbocycles. The van der Waals surface area contributed by atoms with E-state index in [1.165, 1.54) is 0 Å². The minimum absolute atomic E-state index is 0.0849. The summed E-state index contributed by atoms with van der Waals surface area (Å²) in [5.74, 6) is -0.0849. The van der Waals surface area contributed by atoms with Crippen molar-refractivity contribution in [1.82, 2.24) is 9.88 Å². The Kier molecular flexibility index (Phi) is 3.72. The Labute approximate surface area is 151 Å². The van der Waals surface area contributed by atoms with Crippen molar-refractivity contribution in [2.45, 2.75) is 32.8 Å². The number of hydrogen-bond acceptors (Lipinski definition) is 4. The van der Waals surface area contributed by atoms with Gasteiger partial charge in [-0.25, -0.2) is 4.79 Å². The molecule has 2 aromatic rings. The van der Waals surface area contributed by atoms with Gasteiger partial charge in [-0.2, -0.15) is 0 Å². The molecule has 0 fully saturated rings. The molecule has 4 rings (SSSR count). The van der Waals surface area contributed by atoms with E-state index in [9.17, 15) is 9.59 Å². The third kappa shape index (κ3) is 2.81. The van der Waals surface area contributed by atoms with E-state index in [2.05, 4.69) is 10.3 Å². The summed E-state index contributed by atoms with van der Waals surface area (Å²) < 4.78 is 5.44. The quantitative estimate of drug-likeness (QED) is 0.848. The Hall–Kier alpha value is -2.89. The van der Waals surface area contributed by atoms with Crippen LogP contribution >= 0.6 is 0 Å². The Morgan fingerprint density at radius 1 is 1.23 bits per heavy atom. The Balaban J connectivity index is 1.63. The van der Waals surface area contributed by atoms with Crippen LogP contribution in [0.4, 0.5) is 10.5 Å². The van der Waals surface area contributed by atoms with Crippen molar-refractivity contribution >= 4 is 34.2 Å². The van der Waals surface area contributed by atoms with Crippen molar-refractivity contribution < 1.29 is 14.3 Å². The molecule has 134 valence electrons. The summed E-state index contributed by atoms with van der Waals surface area (Å²) in [6.07, 6.45) is 4.19. The number of hydrogen-bond donors (Lipinski definition) is 1. The SMILES string of the molecule is CC(C)(C)OC(=O)N1CC=C(c2ccc3c4c(ccnc24)NC3=O)CC1. The summed E-state index contributed by atoms with van der Waals surface area (Å²) in [5, 5.41) is 3.76. The molecule has 2 aliphatic heterocycles. The standard InChI is InChI=1S/C20H21N3O3/c1-20(2,3)26-19(25)23-10-7-12(8-11-23)13-4-5-14-16-15(22-18(14)24)6-9-21-17(13)16/h4-7,9H,8,10-11H2,1-3H3,(H,22,24). The number of nitrogens with zero attached hydrogens (tertiary/aromatic N) is 2. The number of rotatable bonds is 1. The van der Waals surface area contributed by atoms with Gasteiger partial charge in [0.2, 0.25) is 0 Å². The highest BCUT2D eigenvalue weighted by molar-refractivity contribution is 6.24. The lowest BCUT2D eigenvalue weighted by Crippen LogP contribution is -2.39. The molecule has 1 aromatic heterocycles. The first-order valence-electron chi connectivity index (χ1n) is 8.74. The van der Waals surface area contributed by atoms with Crippen molar-refractivity contribution in [2.24, 2.45) is 0 Å². The van der Waals surface area contributed by atoms with E-state index in [0.29, 0.717) is 18.7 Å². The fourth-order valence-electron chi connectivity index (χ4n) is 3.42. The van der Waals surface area contributed by atoms with Gasteiger partial charge in [0.15, 0.2) is 0 Å². The third-order valence-electron chi connectivity index (χ3n) is 4.59. The maximum atomic E-state index is 12.2. The Morgan fingerprint density at radius 2 is 2.00 bits per heavy atom. The van der Waals surface area contributed by atoms with Gasteiger partial charge in [-0.1, -0.05) is 12.1 Å². The van der Waals surface area contributed by atoms with Gasteiger partial charge in [-0.05, 0) is 44.9 Å². The molecule has 26 heavy (non-hydrogen) atoms. The zero-order valence-electron chi connectivity index (χ0n) is 15.1. The summed E-state index contributed by atoms with van der Waals surface area (Å²) in [5.41, 5.74) is 3.96. The highest BCUT2D eigenvalue weighted by Crippen LogP contribution is 2.37. The second kappa shape index (κ2) is 5.83. The highest BCUT2D eigenvalue weighted by Gasteiger charge is 2.27. The number of benzene rings is 1. The van der Waals surface area contributed by atoms with Gasteiger partial charge in [0.1, 0.15) is 5.60 Å². The van der Waals surface area contributed by atoms with Crippen LogP contribution in [0.1, 0.15) is 43.1 Å². The van der Waals surface area contributed by atoms with E-state index in [-0.39, 0.29) is 12.0 Å². The second-order valence-corrected chi connectivity index (χ2v) is 7.60. The van der Waals surface area contributed by atoms with Crippen LogP contribution in [0.5, 0.6) is 0 Å². The lowest BCUT2D eigenvalue weighted by molar-refractivity contribution is 0.0270. The number of amides is 2. The van der Waals surface area contributed by atoms with Gasteiger partial charge in [-0.15, -0.1) is 0 Å². The van der Waals surface area contributed by atoms with Crippen molar-refractivity contribution in [3.63, 3.8) is 0 Å². The van der Waals surface area contributed by atoms with Crippen molar-refractivity contribution in [3.05, 3.63) is 41.6 Å². The number of carbonyl (C=O) groups is 2. The molecular weight excluding hydrogens is 330 g/mol. The van der Waals surface area contributed by atoms with Crippen LogP contribution in [-0.4, -0.2) is 40.6 Å². The molecule has 0 atom stereocenters. The van der Waals surface area contributed by atoms with Gasteiger partial charge < -0.3 is 15.0 Å². The molecular formula is C20H21N3O3. The number of carbonyl (C=O) groups excluding carboxylic acids is 2. The van der Waals surface area contributed by atoms with Gasteiger partial charge in [0.05, 0.1) is 16.8 Å². The average molecular weight is 351 g/mol. The first-order valence-corrected chi connectivity index (χ1v) is 8.74. The predicted molar refractivity (Wildman–Crippen MR) is 100 cm³/mol. The fraction of sp³-hybridized carbons (Fsp3) is 0.350. The van der Waals surface area contributed by atoms with Gasteiger partial charge in [-0.3, -0.25) is 9.78 Å². The van der Waals surface area contributed by atoms with Crippen molar-refractivity contribution in [2.75, 3.05) is 18.4 Å². The minimum Gasteiger partial charge on any atom is -0.444 e. The number of nitrogens with one attached hydrogen (secondary N) is 1. The average Bonchev–Trinajstić information content (AvgIpc) is 2.92. The van der Waals surface area contributed by atoms with E-state index >= 15 is 0 Å². The summed E-state index contributed by atoms with van der Waals surface area (Å²) in [6, 6.07) is 5.63. The monoisotopic (exact) mass is 351 g/mol. The molecule has 0 aliphatic carbocycles. The summed E-state index contributed by atoms with van der Waals surface area (Å²) in [6.45, 7) is 6.70. The maximum absolute atomic E-state index is 12.2. The lowest BCUT2D eigenvalue weighted by atomic mass is 9.95. The molecule has 1 N–H and O–H groups in total. The topological polar surface area (TPSA) is 71.5 Å².